The Morgan fingerprint density at radius 1 is 1.07 bits per heavy atom. The molecular weight excluding hydrogens is 384 g/mol. The number of nitrogens with one attached hydrogen (secondary N) is 3. The number of aromatic amines is 1. The van der Waals surface area contributed by atoms with Crippen molar-refractivity contribution in [3.05, 3.63) is 78.6 Å². The Morgan fingerprint density at radius 3 is 2.45 bits per heavy atom. The number of nitrogens with zero attached hydrogens (tertiary/aromatic N) is 1. The molecule has 0 unspecified atom stereocenters. The summed E-state index contributed by atoms with van der Waals surface area (Å²) in [6.45, 7) is 0. The highest BCUT2D eigenvalue weighted by molar-refractivity contribution is 7.80. The van der Waals surface area contributed by atoms with Gasteiger partial charge in [-0.1, -0.05) is 24.3 Å². The number of fused-ring (bicyclic) bond motifs is 1. The average molecular weight is 402 g/mol. The molecule has 3 aromatic carbocycles. The average Bonchev–Trinajstić information content (AvgIpc) is 3.28. The third-order valence-electron chi connectivity index (χ3n) is 4.45. The van der Waals surface area contributed by atoms with Gasteiger partial charge in [0, 0.05) is 23.6 Å². The number of benzene rings is 3. The van der Waals surface area contributed by atoms with Crippen LogP contribution in [0, 0.1) is 0 Å². The molecule has 0 aliphatic carbocycles. The van der Waals surface area contributed by atoms with Crippen molar-refractivity contribution in [1.82, 2.24) is 15.3 Å². The zero-order valence-electron chi connectivity index (χ0n) is 15.6. The molecule has 4 rings (SSSR count). The van der Waals surface area contributed by atoms with Gasteiger partial charge in [0.1, 0.15) is 11.6 Å². The second-order valence-electron chi connectivity index (χ2n) is 6.32. The fourth-order valence-electron chi connectivity index (χ4n) is 3.03. The number of H-pyrrole nitrogens is 1. The molecule has 144 valence electrons. The molecule has 0 aliphatic heterocycles. The molecule has 0 atom stereocenters. The van der Waals surface area contributed by atoms with Crippen LogP contribution in [-0.2, 0) is 0 Å². The molecule has 0 saturated carbocycles. The SMILES string of the molecule is COc1cc2ccccc2cc1C(=O)NC(=S)Nc1ccc(-c2ncc[nH]2)cc1. The first-order chi connectivity index (χ1) is 14.1. The second kappa shape index (κ2) is 8.12. The van der Waals surface area contributed by atoms with Gasteiger partial charge < -0.3 is 15.0 Å². The van der Waals surface area contributed by atoms with Gasteiger partial charge in [-0.25, -0.2) is 4.98 Å². The van der Waals surface area contributed by atoms with Crippen LogP contribution in [0.2, 0.25) is 0 Å². The van der Waals surface area contributed by atoms with E-state index in [-0.39, 0.29) is 11.0 Å². The van der Waals surface area contributed by atoms with Gasteiger partial charge in [-0.3, -0.25) is 10.1 Å². The molecule has 0 fully saturated rings. The third-order valence-corrected chi connectivity index (χ3v) is 4.66. The van der Waals surface area contributed by atoms with E-state index in [0.29, 0.717) is 11.3 Å². The number of ether oxygens (including phenoxy) is 1. The summed E-state index contributed by atoms with van der Waals surface area (Å²) in [7, 11) is 1.54. The molecule has 1 heterocycles. The van der Waals surface area contributed by atoms with Crippen molar-refractivity contribution >= 4 is 39.7 Å². The molecule has 29 heavy (non-hydrogen) atoms. The van der Waals surface area contributed by atoms with Gasteiger partial charge in [-0.15, -0.1) is 0 Å². The second-order valence-corrected chi connectivity index (χ2v) is 6.73. The molecule has 0 spiro atoms. The van der Waals surface area contributed by atoms with E-state index in [1.165, 1.54) is 7.11 Å². The molecule has 1 aromatic heterocycles. The number of rotatable bonds is 4. The van der Waals surface area contributed by atoms with E-state index in [1.807, 2.05) is 54.6 Å². The van der Waals surface area contributed by atoms with E-state index >= 15 is 0 Å². The van der Waals surface area contributed by atoms with Crippen molar-refractivity contribution in [2.45, 2.75) is 0 Å². The van der Waals surface area contributed by atoms with Gasteiger partial charge in [0.15, 0.2) is 5.11 Å². The summed E-state index contributed by atoms with van der Waals surface area (Å²) in [4.78, 5) is 20.0. The number of hydrogen-bond acceptors (Lipinski definition) is 4. The third kappa shape index (κ3) is 4.09. The van der Waals surface area contributed by atoms with E-state index in [1.54, 1.807) is 18.5 Å². The molecular formula is C22H18N4O2S. The summed E-state index contributed by atoms with van der Waals surface area (Å²) in [5, 5.41) is 7.88. The van der Waals surface area contributed by atoms with Crippen LogP contribution in [-0.4, -0.2) is 28.1 Å². The molecule has 0 aliphatic rings. The van der Waals surface area contributed by atoms with Crippen molar-refractivity contribution < 1.29 is 9.53 Å². The first kappa shape index (κ1) is 18.6. The van der Waals surface area contributed by atoms with Crippen LogP contribution in [0.25, 0.3) is 22.2 Å². The van der Waals surface area contributed by atoms with Gasteiger partial charge in [0.2, 0.25) is 0 Å². The van der Waals surface area contributed by atoms with Gasteiger partial charge in [0.25, 0.3) is 5.91 Å². The maximum Gasteiger partial charge on any atom is 0.261 e. The van der Waals surface area contributed by atoms with E-state index in [9.17, 15) is 4.79 Å². The number of thiocarbonyl (C=S) groups is 1. The zero-order chi connectivity index (χ0) is 20.2. The first-order valence-electron chi connectivity index (χ1n) is 8.93. The maximum absolute atomic E-state index is 12.7. The number of anilines is 1. The monoisotopic (exact) mass is 402 g/mol. The minimum absolute atomic E-state index is 0.205. The lowest BCUT2D eigenvalue weighted by Gasteiger charge is -2.13. The van der Waals surface area contributed by atoms with Gasteiger partial charge >= 0.3 is 0 Å². The molecule has 1 amide bonds. The maximum atomic E-state index is 12.7. The van der Waals surface area contributed by atoms with Gasteiger partial charge in [0.05, 0.1) is 12.7 Å². The van der Waals surface area contributed by atoms with E-state index in [0.717, 1.165) is 27.8 Å². The standard InChI is InChI=1S/C22H18N4O2S/c1-28-19-13-16-5-3-2-4-15(16)12-18(19)21(27)26-22(29)25-17-8-6-14(7-9-17)20-23-10-11-24-20/h2-13H,1H3,(H,23,24)(H2,25,26,27,29). The van der Waals surface area contributed by atoms with Crippen molar-refractivity contribution in [2.24, 2.45) is 0 Å². The molecule has 0 radical (unpaired) electrons. The van der Waals surface area contributed by atoms with Crippen LogP contribution in [0.4, 0.5) is 5.69 Å². The summed E-state index contributed by atoms with van der Waals surface area (Å²) < 4.78 is 5.39. The summed E-state index contributed by atoms with van der Waals surface area (Å²) in [6.07, 6.45) is 3.47. The Hall–Kier alpha value is -3.71. The van der Waals surface area contributed by atoms with Crippen LogP contribution in [0.3, 0.4) is 0 Å². The van der Waals surface area contributed by atoms with Gasteiger partial charge in [-0.2, -0.15) is 0 Å². The Bertz CT molecular complexity index is 1170. The van der Waals surface area contributed by atoms with Crippen LogP contribution in [0.5, 0.6) is 5.75 Å². The number of amides is 1. The number of imidazole rings is 1. The molecule has 4 aromatic rings. The topological polar surface area (TPSA) is 79.0 Å². The zero-order valence-corrected chi connectivity index (χ0v) is 16.4. The Morgan fingerprint density at radius 2 is 1.79 bits per heavy atom. The number of methoxy groups -OCH3 is 1. The van der Waals surface area contributed by atoms with Crippen LogP contribution in [0.15, 0.2) is 73.1 Å². The predicted octanol–water partition coefficient (Wildman–Crippen LogP) is 4.37. The summed E-state index contributed by atoms with van der Waals surface area (Å²) in [6, 6.07) is 19.0. The molecule has 0 saturated heterocycles. The highest BCUT2D eigenvalue weighted by Gasteiger charge is 2.15. The molecule has 7 heteroatoms. The fourth-order valence-corrected chi connectivity index (χ4v) is 3.24. The minimum Gasteiger partial charge on any atom is -0.496 e. The van der Waals surface area contributed by atoms with Crippen molar-refractivity contribution in [1.29, 1.82) is 0 Å². The van der Waals surface area contributed by atoms with E-state index < -0.39 is 0 Å². The number of carbonyl (C=O) groups is 1. The summed E-state index contributed by atoms with van der Waals surface area (Å²) in [5.74, 6) is 0.944. The number of aromatic nitrogens is 2. The number of carbonyl (C=O) groups excluding carboxylic acids is 1. The lowest BCUT2D eigenvalue weighted by Crippen LogP contribution is -2.34. The highest BCUT2D eigenvalue weighted by atomic mass is 32.1. The van der Waals surface area contributed by atoms with Crippen molar-refractivity contribution in [3.8, 4) is 17.1 Å². The first-order valence-corrected chi connectivity index (χ1v) is 9.34. The largest absolute Gasteiger partial charge is 0.496 e. The quantitative estimate of drug-likeness (QED) is 0.442. The van der Waals surface area contributed by atoms with E-state index in [2.05, 4.69) is 20.6 Å². The fraction of sp³-hybridized carbons (Fsp3) is 0.0455. The Kier molecular flexibility index (Phi) is 5.22. The van der Waals surface area contributed by atoms with Crippen molar-refractivity contribution in [3.63, 3.8) is 0 Å². The van der Waals surface area contributed by atoms with Crippen LogP contribution >= 0.6 is 12.2 Å². The lowest BCUT2D eigenvalue weighted by atomic mass is 10.1. The van der Waals surface area contributed by atoms with E-state index in [4.69, 9.17) is 17.0 Å². The van der Waals surface area contributed by atoms with Crippen LogP contribution < -0.4 is 15.4 Å². The summed E-state index contributed by atoms with van der Waals surface area (Å²) >= 11 is 5.30. The highest BCUT2D eigenvalue weighted by Crippen LogP contribution is 2.26. The predicted molar refractivity (Wildman–Crippen MR) is 118 cm³/mol. The molecule has 3 N–H and O–H groups in total. The van der Waals surface area contributed by atoms with Gasteiger partial charge in [-0.05, 0) is 59.4 Å². The Balaban J connectivity index is 1.47. The van der Waals surface area contributed by atoms with Crippen LogP contribution in [0.1, 0.15) is 10.4 Å². The number of hydrogen-bond donors (Lipinski definition) is 3. The summed E-state index contributed by atoms with van der Waals surface area (Å²) in [5.41, 5.74) is 2.14. The normalized spacial score (nSPS) is 10.5. The minimum atomic E-state index is -0.336. The smallest absolute Gasteiger partial charge is 0.261 e. The lowest BCUT2D eigenvalue weighted by molar-refractivity contribution is 0.0975. The molecule has 6 nitrogen and oxygen atoms in total. The molecule has 0 bridgehead atoms. The van der Waals surface area contributed by atoms with Crippen molar-refractivity contribution in [2.75, 3.05) is 12.4 Å². The Labute approximate surface area is 172 Å².